The van der Waals surface area contributed by atoms with Crippen molar-refractivity contribution < 1.29 is 75.5 Å². The summed E-state index contributed by atoms with van der Waals surface area (Å²) in [7, 11) is 3.75. The van der Waals surface area contributed by atoms with Crippen LogP contribution < -0.4 is 16.4 Å². The quantitative estimate of drug-likeness (QED) is 0.0123. The van der Waals surface area contributed by atoms with E-state index in [1.807, 2.05) is 88.9 Å². The molecule has 0 spiro atoms. The molecule has 0 unspecified atom stereocenters. The number of rotatable bonds is 11. The van der Waals surface area contributed by atoms with E-state index >= 15 is 0 Å². The number of alkyl halides is 6. The van der Waals surface area contributed by atoms with Crippen LogP contribution in [0.5, 0.6) is 23.0 Å². The van der Waals surface area contributed by atoms with Gasteiger partial charge in [-0.15, -0.1) is 0 Å². The van der Waals surface area contributed by atoms with E-state index in [1.54, 1.807) is 41.3 Å². The zero-order chi connectivity index (χ0) is 67.9. The maximum absolute atomic E-state index is 12.4. The molecule has 2 radical (unpaired) electrons. The van der Waals surface area contributed by atoms with Crippen LogP contribution in [0.2, 0.25) is 20.1 Å². The molecule has 6 aromatic rings. The van der Waals surface area contributed by atoms with Crippen LogP contribution in [0.3, 0.4) is 0 Å². The molecule has 0 aliphatic carbocycles. The van der Waals surface area contributed by atoms with E-state index < -0.39 is 18.7 Å². The molecule has 91 heavy (non-hydrogen) atoms. The van der Waals surface area contributed by atoms with Gasteiger partial charge in [0.15, 0.2) is 23.0 Å². The Bertz CT molecular complexity index is 3150. The number of benzene rings is 6. The second-order valence-electron chi connectivity index (χ2n) is 19.5. The predicted molar refractivity (Wildman–Crippen MR) is 374 cm³/mol. The van der Waals surface area contributed by atoms with Gasteiger partial charge in [-0.2, -0.15) is 0 Å². The molecule has 492 valence electrons. The van der Waals surface area contributed by atoms with Crippen LogP contribution in [0.25, 0.3) is 0 Å². The Morgan fingerprint density at radius 2 is 0.945 bits per heavy atom. The first kappa shape index (κ1) is 84.1. The second-order valence-corrected chi connectivity index (χ2v) is 27.2. The smallest absolute Gasteiger partial charge is 0.317 e. The number of carbonyl (C=O) groups is 3. The number of isocyanates is 1. The SMILES string of the molecule is C1CCOC1.NCCc1ccc(Cl)cc1.O=C(Cl)C(Cl)(Cl)Cl.O=C(NCCc1ccc(Cl)cc1)C(Cl)(Cl)Cl.O=C(NCCc1ccc(Cl)cc1)N1CCCc2cc(O)c(O)cc2C1.O=C=NCCc1ccc(Cl)cc1.Oc1cc2c(cc1O)CN(Br)CCC2.[2H][B].[U]. The topological polar surface area (TPSA) is 227 Å². The molecule has 3 heterocycles. The Hall–Kier alpha value is -3.02. The fourth-order valence-electron chi connectivity index (χ4n) is 8.07. The maximum Gasteiger partial charge on any atom is 0.317 e. The van der Waals surface area contributed by atoms with Gasteiger partial charge in [-0.1, -0.05) is 165 Å². The van der Waals surface area contributed by atoms with Crippen molar-refractivity contribution in [2.45, 2.75) is 84.9 Å². The second kappa shape index (κ2) is 47.0. The number of nitrogens with one attached hydrogen (secondary N) is 2. The average molecular weight is 1760 g/mol. The zero-order valence-corrected chi connectivity index (χ0v) is 63.1. The summed E-state index contributed by atoms with van der Waals surface area (Å²) in [5.41, 5.74) is 14.0. The molecule has 1 fully saturated rings. The van der Waals surface area contributed by atoms with Gasteiger partial charge in [0.25, 0.3) is 18.7 Å². The fourth-order valence-corrected chi connectivity index (χ4v) is 9.29. The van der Waals surface area contributed by atoms with Crippen molar-refractivity contribution in [3.63, 3.8) is 0 Å². The molecular formula is C62H69BBrCl11N6O9U. The van der Waals surface area contributed by atoms with E-state index in [-0.39, 0.29) is 60.1 Å². The molecule has 8 N–H and O–H groups in total. The number of ether oxygens (including phenoxy) is 1. The molecule has 3 aliphatic heterocycles. The molecule has 0 aromatic heterocycles. The number of phenols is 4. The summed E-state index contributed by atoms with van der Waals surface area (Å²) in [6.07, 6.45) is 10.7. The molecule has 9 rings (SSSR count). The Morgan fingerprint density at radius 1 is 0.582 bits per heavy atom. The Balaban J connectivity index is 0.000000560. The summed E-state index contributed by atoms with van der Waals surface area (Å²) in [6.45, 7) is 6.96. The van der Waals surface area contributed by atoms with Gasteiger partial charge in [0.05, 0.1) is 6.54 Å². The summed E-state index contributed by atoms with van der Waals surface area (Å²) >= 11 is 62.0. The van der Waals surface area contributed by atoms with Crippen molar-refractivity contribution in [3.05, 3.63) is 186 Å². The third-order valence-corrected chi connectivity index (χ3v) is 15.9. The monoisotopic (exact) mass is 1760 g/mol. The van der Waals surface area contributed by atoms with E-state index in [0.717, 1.165) is 120 Å². The molecule has 29 heteroatoms. The van der Waals surface area contributed by atoms with Crippen LogP contribution in [0.15, 0.2) is 126 Å². The number of aryl methyl sites for hydroxylation is 2. The zero-order valence-electron chi connectivity index (χ0n) is 50.1. The number of urea groups is 1. The summed E-state index contributed by atoms with van der Waals surface area (Å²) in [4.78, 5) is 48.4. The number of nitrogens with two attached hydrogens (primary N) is 1. The molecule has 15 nitrogen and oxygen atoms in total. The number of carbonyl (C=O) groups excluding carboxylic acids is 4. The van der Waals surface area contributed by atoms with Crippen LogP contribution in [-0.4, -0.2) is 122 Å². The number of fused-ring (bicyclic) bond motifs is 2. The van der Waals surface area contributed by atoms with Crippen LogP contribution in [0.1, 0.15) is 70.2 Å². The van der Waals surface area contributed by atoms with Gasteiger partial charge in [0.1, 0.15) is 0 Å². The number of nitrogens with zero attached hydrogens (tertiary/aromatic N) is 3. The number of hydrogen-bond acceptors (Lipinski definition) is 12. The van der Waals surface area contributed by atoms with Gasteiger partial charge in [0, 0.05) is 128 Å². The molecular weight excluding hydrogens is 1690 g/mol. The predicted octanol–water partition coefficient (Wildman–Crippen LogP) is 15.3. The minimum atomic E-state index is -1.96. The van der Waals surface area contributed by atoms with Gasteiger partial charge >= 0.3 is 6.03 Å². The number of amides is 3. The summed E-state index contributed by atoms with van der Waals surface area (Å²) < 4.78 is 8.37. The molecule has 1 saturated heterocycles. The summed E-state index contributed by atoms with van der Waals surface area (Å²) in [5, 5.41) is 45.4. The van der Waals surface area contributed by atoms with Crippen molar-refractivity contribution in [2.75, 3.05) is 52.5 Å². The van der Waals surface area contributed by atoms with E-state index in [1.165, 1.54) is 24.5 Å². The van der Waals surface area contributed by atoms with Gasteiger partial charge in [-0.3, -0.25) is 9.59 Å². The van der Waals surface area contributed by atoms with Gasteiger partial charge in [-0.25, -0.2) is 18.5 Å². The Morgan fingerprint density at radius 3 is 1.31 bits per heavy atom. The number of aromatic hydroxyl groups is 4. The normalized spacial score (nSPS) is 13.0. The van der Waals surface area contributed by atoms with Crippen molar-refractivity contribution in [3.8, 4) is 23.0 Å². The number of phenolic OH excluding ortho intramolecular Hbond substituents is 4. The molecule has 0 bridgehead atoms. The largest absolute Gasteiger partial charge is 0.504 e. The minimum Gasteiger partial charge on any atom is -0.504 e. The summed E-state index contributed by atoms with van der Waals surface area (Å²) in [6, 6.07) is 36.5. The van der Waals surface area contributed by atoms with Crippen molar-refractivity contribution in [1.82, 2.24) is 19.5 Å². The van der Waals surface area contributed by atoms with Gasteiger partial charge in [-0.05, 0) is 201 Å². The molecule has 3 aliphatic rings. The van der Waals surface area contributed by atoms with Crippen molar-refractivity contribution >= 4 is 175 Å². The third-order valence-electron chi connectivity index (χ3n) is 12.7. The van der Waals surface area contributed by atoms with Crippen LogP contribution in [0.4, 0.5) is 4.79 Å². The molecule has 0 atom stereocenters. The van der Waals surface area contributed by atoms with Crippen molar-refractivity contribution in [2.24, 2.45) is 10.7 Å². The van der Waals surface area contributed by atoms with Crippen LogP contribution >= 0.6 is 144 Å². The van der Waals surface area contributed by atoms with Crippen LogP contribution in [0, 0.1) is 31.1 Å². The Labute approximate surface area is 622 Å². The minimum absolute atomic E-state index is 0. The molecule has 6 aromatic carbocycles. The van der Waals surface area contributed by atoms with Crippen LogP contribution in [-0.2, 0) is 70.7 Å². The van der Waals surface area contributed by atoms with Gasteiger partial charge in [0.2, 0.25) is 6.08 Å². The number of hydrogen-bond donors (Lipinski definition) is 7. The third kappa shape index (κ3) is 37.2. The maximum atomic E-state index is 12.4. The van der Waals surface area contributed by atoms with Gasteiger partial charge < -0.3 is 46.4 Å². The Kier molecular flexibility index (Phi) is 43.4. The van der Waals surface area contributed by atoms with E-state index in [0.29, 0.717) is 55.7 Å². The number of halogens is 12. The molecule has 3 amide bonds. The first-order valence-corrected chi connectivity index (χ1v) is 32.5. The first-order chi connectivity index (χ1) is 43.2. The van der Waals surface area contributed by atoms with E-state index in [4.69, 9.17) is 139 Å². The standard InChI is InChI=1S/C19H21ClN2O3.C10H12BrNO2.C10H9Cl4NO.C9H8ClNO.C8H10ClN.C4H8O.C2Cl4O.BH.U/c20-16-5-3-13(4-6-16)7-8-21-19(25)22-9-1-2-14-10-17(23)18(24)11-15(14)12-22;11-12-3-1-2-7-4-9(13)10(14)5-8(7)6-12;11-8-3-1-7(2-4-8)5-6-15-9(16)10(12,13)14;10-9-3-1-8(2-4-9)5-6-11-7-12;9-8-3-1-7(2-4-8)5-6-10;1-2-4-5-3-1;3-1(7)2(4,5)6;;/h3-6,10-11,23-24H,1-2,7-9,12H2,(H,21,25);4-5,13-14H,1-3,6H2;1-4H,5-6H2,(H,15,16);1-4H,5-6H2;1-4H,5-6,10H2;1-4H2;;1H;/i;;;;;;;1D;. The molecule has 0 saturated carbocycles. The number of aliphatic imine (C=N–C) groups is 1. The fraction of sp³-hybridized carbons (Fsp3) is 0.355. The summed E-state index contributed by atoms with van der Waals surface area (Å²) in [5.74, 6) is -0.937. The van der Waals surface area contributed by atoms with Crippen molar-refractivity contribution in [1.29, 1.82) is 1.34 Å². The van der Waals surface area contributed by atoms with E-state index in [9.17, 15) is 39.6 Å². The first-order valence-electron chi connectivity index (χ1n) is 28.2. The average Bonchev–Trinajstić information content (AvgIpc) is 1.74. The van der Waals surface area contributed by atoms with E-state index in [2.05, 4.69) is 40.1 Å².